The second kappa shape index (κ2) is 6.01. The molecule has 2 aromatic carbocycles. The lowest BCUT2D eigenvalue weighted by atomic mass is 10.1. The minimum atomic E-state index is -0.672. The van der Waals surface area contributed by atoms with E-state index in [0.29, 0.717) is 16.9 Å². The van der Waals surface area contributed by atoms with Crippen molar-refractivity contribution in [2.45, 2.75) is 26.6 Å². The van der Waals surface area contributed by atoms with Gasteiger partial charge < -0.3 is 9.84 Å². The fourth-order valence-electron chi connectivity index (χ4n) is 1.98. The van der Waals surface area contributed by atoms with E-state index >= 15 is 0 Å². The maximum atomic E-state index is 13.1. The highest BCUT2D eigenvalue weighted by molar-refractivity contribution is 5.38. The van der Waals surface area contributed by atoms with Crippen molar-refractivity contribution in [3.8, 4) is 5.75 Å². The summed E-state index contributed by atoms with van der Waals surface area (Å²) in [6.07, 6.45) is -0.672. The van der Waals surface area contributed by atoms with E-state index in [-0.39, 0.29) is 6.61 Å². The molecule has 0 saturated carbocycles. The van der Waals surface area contributed by atoms with Crippen LogP contribution in [-0.4, -0.2) is 5.11 Å². The van der Waals surface area contributed by atoms with E-state index in [2.05, 4.69) is 0 Å². The molecule has 0 spiro atoms. The molecule has 1 N–H and O–H groups in total. The van der Waals surface area contributed by atoms with Crippen LogP contribution in [0.4, 0.5) is 8.78 Å². The topological polar surface area (TPSA) is 29.5 Å². The number of aliphatic hydroxyl groups is 1. The van der Waals surface area contributed by atoms with E-state index < -0.39 is 17.7 Å². The van der Waals surface area contributed by atoms with Crippen molar-refractivity contribution < 1.29 is 18.6 Å². The zero-order valence-corrected chi connectivity index (χ0v) is 11.4. The number of rotatable bonds is 4. The Morgan fingerprint density at radius 1 is 1.10 bits per heavy atom. The average molecular weight is 278 g/mol. The summed E-state index contributed by atoms with van der Waals surface area (Å²) in [4.78, 5) is 0. The van der Waals surface area contributed by atoms with Crippen LogP contribution in [0.5, 0.6) is 5.75 Å². The number of hydrogen-bond donors (Lipinski definition) is 1. The van der Waals surface area contributed by atoms with Crippen molar-refractivity contribution in [3.05, 3.63) is 64.7 Å². The zero-order chi connectivity index (χ0) is 14.7. The van der Waals surface area contributed by atoms with Crippen LogP contribution in [-0.2, 0) is 6.61 Å². The fourth-order valence-corrected chi connectivity index (χ4v) is 1.98. The van der Waals surface area contributed by atoms with Gasteiger partial charge in [0.1, 0.15) is 24.0 Å². The smallest absolute Gasteiger partial charge is 0.126 e. The highest BCUT2D eigenvalue weighted by atomic mass is 19.1. The summed E-state index contributed by atoms with van der Waals surface area (Å²) in [5, 5.41) is 9.71. The van der Waals surface area contributed by atoms with Crippen LogP contribution in [0.3, 0.4) is 0 Å². The van der Waals surface area contributed by atoms with Gasteiger partial charge in [-0.25, -0.2) is 8.78 Å². The van der Waals surface area contributed by atoms with Gasteiger partial charge in [-0.2, -0.15) is 0 Å². The number of ether oxygens (including phenoxy) is 1. The summed E-state index contributed by atoms with van der Waals surface area (Å²) < 4.78 is 31.7. The SMILES string of the molecule is Cc1ccc(OCc2cc(F)cc(F)c2)c([C@H](C)O)c1. The van der Waals surface area contributed by atoms with Crippen LogP contribution < -0.4 is 4.74 Å². The molecule has 0 radical (unpaired) electrons. The lowest BCUT2D eigenvalue weighted by molar-refractivity contribution is 0.190. The number of halogens is 2. The third kappa shape index (κ3) is 3.54. The van der Waals surface area contributed by atoms with Gasteiger partial charge in [-0.15, -0.1) is 0 Å². The van der Waals surface area contributed by atoms with Crippen molar-refractivity contribution in [1.82, 2.24) is 0 Å². The monoisotopic (exact) mass is 278 g/mol. The molecule has 2 rings (SSSR count). The van der Waals surface area contributed by atoms with Crippen LogP contribution in [0.2, 0.25) is 0 Å². The van der Waals surface area contributed by atoms with E-state index in [4.69, 9.17) is 4.74 Å². The Morgan fingerprint density at radius 3 is 2.35 bits per heavy atom. The lowest BCUT2D eigenvalue weighted by Crippen LogP contribution is -2.02. The summed E-state index contributed by atoms with van der Waals surface area (Å²) in [5.41, 5.74) is 2.06. The Hall–Kier alpha value is -1.94. The Bertz CT molecular complexity index is 589. The van der Waals surface area contributed by atoms with Crippen molar-refractivity contribution in [1.29, 1.82) is 0 Å². The molecule has 0 aliphatic heterocycles. The largest absolute Gasteiger partial charge is 0.489 e. The van der Waals surface area contributed by atoms with Gasteiger partial charge in [-0.3, -0.25) is 0 Å². The molecule has 0 amide bonds. The number of hydrogen-bond acceptors (Lipinski definition) is 2. The maximum Gasteiger partial charge on any atom is 0.126 e. The molecule has 106 valence electrons. The third-order valence-electron chi connectivity index (χ3n) is 2.93. The van der Waals surface area contributed by atoms with Gasteiger partial charge in [0.2, 0.25) is 0 Å². The normalized spacial score (nSPS) is 12.2. The average Bonchev–Trinajstić information content (AvgIpc) is 2.36. The molecule has 2 nitrogen and oxygen atoms in total. The van der Waals surface area contributed by atoms with Crippen LogP contribution in [0.15, 0.2) is 36.4 Å². The van der Waals surface area contributed by atoms with Gasteiger partial charge in [-0.1, -0.05) is 11.6 Å². The van der Waals surface area contributed by atoms with Crippen molar-refractivity contribution in [2.75, 3.05) is 0 Å². The Labute approximate surface area is 116 Å². The summed E-state index contributed by atoms with van der Waals surface area (Å²) in [6, 6.07) is 8.68. The summed E-state index contributed by atoms with van der Waals surface area (Å²) in [7, 11) is 0. The summed E-state index contributed by atoms with van der Waals surface area (Å²) in [5.74, 6) is -0.762. The number of aliphatic hydroxyl groups excluding tert-OH is 1. The van der Waals surface area contributed by atoms with Gasteiger partial charge in [0, 0.05) is 11.6 Å². The Morgan fingerprint density at radius 2 is 1.75 bits per heavy atom. The first-order valence-electron chi connectivity index (χ1n) is 6.32. The molecule has 0 fully saturated rings. The highest BCUT2D eigenvalue weighted by Crippen LogP contribution is 2.27. The molecular formula is C16H16F2O2. The van der Waals surface area contributed by atoms with E-state index in [1.807, 2.05) is 19.1 Å². The molecule has 0 unspecified atom stereocenters. The lowest BCUT2D eigenvalue weighted by Gasteiger charge is -2.14. The van der Waals surface area contributed by atoms with Gasteiger partial charge in [0.25, 0.3) is 0 Å². The van der Waals surface area contributed by atoms with Crippen molar-refractivity contribution >= 4 is 0 Å². The first kappa shape index (κ1) is 14.5. The van der Waals surface area contributed by atoms with E-state index in [9.17, 15) is 13.9 Å². The first-order chi connectivity index (χ1) is 9.45. The van der Waals surface area contributed by atoms with Crippen LogP contribution in [0.1, 0.15) is 29.7 Å². The molecule has 0 aliphatic carbocycles. The van der Waals surface area contributed by atoms with Gasteiger partial charge in [-0.05, 0) is 43.7 Å². The van der Waals surface area contributed by atoms with Crippen molar-refractivity contribution in [3.63, 3.8) is 0 Å². The predicted molar refractivity (Wildman–Crippen MR) is 72.5 cm³/mol. The molecular weight excluding hydrogens is 262 g/mol. The van der Waals surface area contributed by atoms with Crippen LogP contribution >= 0.6 is 0 Å². The minimum Gasteiger partial charge on any atom is -0.489 e. The standard InChI is InChI=1S/C16H16F2O2/c1-10-3-4-16(15(5-10)11(2)19)20-9-12-6-13(17)8-14(18)7-12/h3-8,11,19H,9H2,1-2H3/t11-/m0/s1. The number of benzene rings is 2. The van der Waals surface area contributed by atoms with Crippen molar-refractivity contribution in [2.24, 2.45) is 0 Å². The molecule has 4 heteroatoms. The minimum absolute atomic E-state index is 0.0391. The molecule has 0 saturated heterocycles. The third-order valence-corrected chi connectivity index (χ3v) is 2.93. The molecule has 1 atom stereocenters. The second-order valence-corrected chi connectivity index (χ2v) is 4.78. The molecule has 0 aromatic heterocycles. The summed E-state index contributed by atoms with van der Waals surface area (Å²) >= 11 is 0. The molecule has 0 bridgehead atoms. The van der Waals surface area contributed by atoms with Gasteiger partial charge in [0.05, 0.1) is 6.10 Å². The Kier molecular flexibility index (Phi) is 4.35. The summed E-state index contributed by atoms with van der Waals surface area (Å²) in [6.45, 7) is 3.60. The van der Waals surface area contributed by atoms with E-state index in [0.717, 1.165) is 11.6 Å². The predicted octanol–water partition coefficient (Wildman–Crippen LogP) is 3.91. The van der Waals surface area contributed by atoms with Gasteiger partial charge in [0.15, 0.2) is 0 Å². The number of aryl methyl sites for hydroxylation is 1. The molecule has 0 aliphatic rings. The van der Waals surface area contributed by atoms with Crippen LogP contribution in [0, 0.1) is 18.6 Å². The molecule has 2 aromatic rings. The van der Waals surface area contributed by atoms with E-state index in [1.54, 1.807) is 13.0 Å². The zero-order valence-electron chi connectivity index (χ0n) is 11.4. The molecule has 20 heavy (non-hydrogen) atoms. The quantitative estimate of drug-likeness (QED) is 0.919. The highest BCUT2D eigenvalue weighted by Gasteiger charge is 2.10. The first-order valence-corrected chi connectivity index (χ1v) is 6.32. The second-order valence-electron chi connectivity index (χ2n) is 4.78. The fraction of sp³-hybridized carbons (Fsp3) is 0.250. The van der Waals surface area contributed by atoms with Gasteiger partial charge >= 0.3 is 0 Å². The van der Waals surface area contributed by atoms with Crippen LogP contribution in [0.25, 0.3) is 0 Å². The molecule has 0 heterocycles. The Balaban J connectivity index is 2.18. The maximum absolute atomic E-state index is 13.1. The van der Waals surface area contributed by atoms with E-state index in [1.165, 1.54) is 12.1 Å².